The standard InChI is InChI=1S/C26H29BrN2O4S/c1-3-33-25-9-5-4-7-21(25)8-6-18-28-26(30)19-29(23-14-12-22(27)13-15-23)34(31,32)24-16-10-20(2)11-17-24/h4-5,7,9-17H,3,6,8,18-19H2,1-2H3,(H,28,30). The third-order valence-electron chi connectivity index (χ3n) is 5.23. The van der Waals surface area contributed by atoms with Crippen LogP contribution >= 0.6 is 15.9 Å². The molecule has 180 valence electrons. The highest BCUT2D eigenvalue weighted by atomic mass is 79.9. The Morgan fingerprint density at radius 2 is 1.68 bits per heavy atom. The van der Waals surface area contributed by atoms with Crippen molar-refractivity contribution in [2.75, 3.05) is 24.0 Å². The number of carbonyl (C=O) groups is 1. The summed E-state index contributed by atoms with van der Waals surface area (Å²) in [6, 6.07) is 21.3. The van der Waals surface area contributed by atoms with E-state index in [4.69, 9.17) is 4.74 Å². The van der Waals surface area contributed by atoms with Gasteiger partial charge in [-0.15, -0.1) is 0 Å². The van der Waals surface area contributed by atoms with Crippen LogP contribution in [0.4, 0.5) is 5.69 Å². The van der Waals surface area contributed by atoms with Crippen LogP contribution in [0.1, 0.15) is 24.5 Å². The summed E-state index contributed by atoms with van der Waals surface area (Å²) in [6.45, 7) is 4.54. The van der Waals surface area contributed by atoms with Crippen LogP contribution in [0.2, 0.25) is 0 Å². The number of nitrogens with zero attached hydrogens (tertiary/aromatic N) is 1. The summed E-state index contributed by atoms with van der Waals surface area (Å²) in [4.78, 5) is 12.9. The number of ether oxygens (including phenoxy) is 1. The Morgan fingerprint density at radius 1 is 1.00 bits per heavy atom. The van der Waals surface area contributed by atoms with Gasteiger partial charge in [0.15, 0.2) is 0 Å². The molecule has 0 unspecified atom stereocenters. The number of carbonyl (C=O) groups excluding carboxylic acids is 1. The molecule has 0 bridgehead atoms. The van der Waals surface area contributed by atoms with E-state index in [0.717, 1.165) is 32.1 Å². The highest BCUT2D eigenvalue weighted by Gasteiger charge is 2.27. The van der Waals surface area contributed by atoms with E-state index < -0.39 is 10.0 Å². The third kappa shape index (κ3) is 6.84. The molecule has 0 heterocycles. The van der Waals surface area contributed by atoms with Gasteiger partial charge >= 0.3 is 0 Å². The predicted molar refractivity (Wildman–Crippen MR) is 139 cm³/mol. The van der Waals surface area contributed by atoms with E-state index in [1.54, 1.807) is 48.5 Å². The van der Waals surface area contributed by atoms with Crippen molar-refractivity contribution in [1.29, 1.82) is 0 Å². The number of amides is 1. The minimum absolute atomic E-state index is 0.140. The number of para-hydroxylation sites is 1. The summed E-state index contributed by atoms with van der Waals surface area (Å²) in [5.74, 6) is 0.485. The first-order chi connectivity index (χ1) is 16.3. The van der Waals surface area contributed by atoms with E-state index >= 15 is 0 Å². The lowest BCUT2D eigenvalue weighted by molar-refractivity contribution is -0.119. The van der Waals surface area contributed by atoms with E-state index in [-0.39, 0.29) is 17.3 Å². The quantitative estimate of drug-likeness (QED) is 0.340. The van der Waals surface area contributed by atoms with Crippen LogP contribution in [-0.4, -0.2) is 34.0 Å². The molecule has 34 heavy (non-hydrogen) atoms. The monoisotopic (exact) mass is 544 g/mol. The van der Waals surface area contributed by atoms with Crippen molar-refractivity contribution >= 4 is 37.5 Å². The Hall–Kier alpha value is -2.84. The molecule has 0 aromatic heterocycles. The predicted octanol–water partition coefficient (Wildman–Crippen LogP) is 5.10. The molecule has 0 atom stereocenters. The highest BCUT2D eigenvalue weighted by Crippen LogP contribution is 2.25. The SMILES string of the molecule is CCOc1ccccc1CCCNC(=O)CN(c1ccc(Br)cc1)S(=O)(=O)c1ccc(C)cc1. The Bertz CT molecular complexity index is 1200. The molecule has 3 aromatic rings. The normalized spacial score (nSPS) is 11.1. The lowest BCUT2D eigenvalue weighted by Crippen LogP contribution is -2.41. The molecule has 0 aliphatic carbocycles. The Labute approximate surface area is 210 Å². The number of hydrogen-bond acceptors (Lipinski definition) is 4. The average molecular weight is 545 g/mol. The summed E-state index contributed by atoms with van der Waals surface area (Å²) in [7, 11) is -3.92. The van der Waals surface area contributed by atoms with Gasteiger partial charge in [0.05, 0.1) is 17.2 Å². The van der Waals surface area contributed by atoms with Gasteiger partial charge in [-0.25, -0.2) is 8.42 Å². The van der Waals surface area contributed by atoms with Crippen molar-refractivity contribution in [2.45, 2.75) is 31.6 Å². The zero-order valence-corrected chi connectivity index (χ0v) is 21.7. The van der Waals surface area contributed by atoms with Gasteiger partial charge in [-0.1, -0.05) is 51.8 Å². The van der Waals surface area contributed by atoms with Crippen LogP contribution in [0, 0.1) is 6.92 Å². The molecule has 0 saturated carbocycles. The number of nitrogens with one attached hydrogen (secondary N) is 1. The molecule has 0 aliphatic heterocycles. The molecule has 0 fully saturated rings. The highest BCUT2D eigenvalue weighted by molar-refractivity contribution is 9.10. The summed E-state index contributed by atoms with van der Waals surface area (Å²) >= 11 is 3.37. The summed E-state index contributed by atoms with van der Waals surface area (Å²) in [5.41, 5.74) is 2.46. The largest absolute Gasteiger partial charge is 0.494 e. The first-order valence-corrected chi connectivity index (χ1v) is 13.4. The number of anilines is 1. The maximum atomic E-state index is 13.4. The smallest absolute Gasteiger partial charge is 0.264 e. The summed E-state index contributed by atoms with van der Waals surface area (Å²) in [6.07, 6.45) is 1.45. The molecule has 1 amide bonds. The van der Waals surface area contributed by atoms with Gasteiger partial charge in [0, 0.05) is 11.0 Å². The molecule has 0 saturated heterocycles. The lowest BCUT2D eigenvalue weighted by atomic mass is 10.1. The van der Waals surface area contributed by atoms with Crippen molar-refractivity contribution in [3.63, 3.8) is 0 Å². The molecule has 8 heteroatoms. The van der Waals surface area contributed by atoms with Gasteiger partial charge in [0.2, 0.25) is 5.91 Å². The minimum atomic E-state index is -3.92. The van der Waals surface area contributed by atoms with Crippen LogP contribution in [0.3, 0.4) is 0 Å². The van der Waals surface area contributed by atoms with Gasteiger partial charge in [0.1, 0.15) is 12.3 Å². The molecule has 0 spiro atoms. The van der Waals surface area contributed by atoms with Gasteiger partial charge < -0.3 is 10.1 Å². The molecular weight excluding hydrogens is 516 g/mol. The molecule has 0 aliphatic rings. The second-order valence-electron chi connectivity index (χ2n) is 7.80. The maximum absolute atomic E-state index is 13.4. The Morgan fingerprint density at radius 3 is 2.35 bits per heavy atom. The topological polar surface area (TPSA) is 75.7 Å². The second kappa shape index (κ2) is 12.0. The molecule has 3 aromatic carbocycles. The van der Waals surface area contributed by atoms with Crippen LogP contribution < -0.4 is 14.4 Å². The fourth-order valence-corrected chi connectivity index (χ4v) is 5.14. The minimum Gasteiger partial charge on any atom is -0.494 e. The van der Waals surface area contributed by atoms with Gasteiger partial charge in [-0.3, -0.25) is 9.10 Å². The van der Waals surface area contributed by atoms with E-state index in [1.807, 2.05) is 38.1 Å². The van der Waals surface area contributed by atoms with Gasteiger partial charge in [-0.05, 0) is 74.7 Å². The number of halogens is 1. The Kier molecular flexibility index (Phi) is 9.12. The van der Waals surface area contributed by atoms with Crippen LogP contribution in [0.15, 0.2) is 82.2 Å². The molecule has 1 N–H and O–H groups in total. The number of rotatable bonds is 11. The van der Waals surface area contributed by atoms with Crippen LogP contribution in [-0.2, 0) is 21.2 Å². The summed E-state index contributed by atoms with van der Waals surface area (Å²) < 4.78 is 34.4. The van der Waals surface area contributed by atoms with Crippen LogP contribution in [0.5, 0.6) is 5.75 Å². The molecular formula is C26H29BrN2O4S. The van der Waals surface area contributed by atoms with Crippen molar-refractivity contribution in [2.24, 2.45) is 0 Å². The van der Waals surface area contributed by atoms with E-state index in [2.05, 4.69) is 21.2 Å². The average Bonchev–Trinajstić information content (AvgIpc) is 2.82. The molecule has 0 radical (unpaired) electrons. The first-order valence-electron chi connectivity index (χ1n) is 11.1. The number of hydrogen-bond donors (Lipinski definition) is 1. The molecule has 3 rings (SSSR count). The van der Waals surface area contributed by atoms with Crippen molar-refractivity contribution < 1.29 is 17.9 Å². The van der Waals surface area contributed by atoms with Gasteiger partial charge in [-0.2, -0.15) is 0 Å². The van der Waals surface area contributed by atoms with Gasteiger partial charge in [0.25, 0.3) is 10.0 Å². The maximum Gasteiger partial charge on any atom is 0.264 e. The van der Waals surface area contributed by atoms with Crippen molar-refractivity contribution in [3.8, 4) is 5.75 Å². The van der Waals surface area contributed by atoms with E-state index in [9.17, 15) is 13.2 Å². The second-order valence-corrected chi connectivity index (χ2v) is 10.6. The molecule has 6 nitrogen and oxygen atoms in total. The number of benzene rings is 3. The van der Waals surface area contributed by atoms with Crippen molar-refractivity contribution in [3.05, 3.63) is 88.4 Å². The van der Waals surface area contributed by atoms with E-state index in [1.165, 1.54) is 0 Å². The van der Waals surface area contributed by atoms with E-state index in [0.29, 0.717) is 25.3 Å². The van der Waals surface area contributed by atoms with Crippen molar-refractivity contribution in [1.82, 2.24) is 5.32 Å². The zero-order valence-electron chi connectivity index (χ0n) is 19.3. The summed E-state index contributed by atoms with van der Waals surface area (Å²) in [5, 5.41) is 2.85. The Balaban J connectivity index is 1.68. The van der Waals surface area contributed by atoms with Crippen LogP contribution in [0.25, 0.3) is 0 Å². The lowest BCUT2D eigenvalue weighted by Gasteiger charge is -2.24. The zero-order chi connectivity index (χ0) is 24.6. The third-order valence-corrected chi connectivity index (χ3v) is 7.55. The first kappa shape index (κ1) is 25.8. The fourth-order valence-electron chi connectivity index (χ4n) is 3.46. The number of sulfonamides is 1. The number of aryl methyl sites for hydroxylation is 2. The fraction of sp³-hybridized carbons (Fsp3) is 0.269.